The fourth-order valence-corrected chi connectivity index (χ4v) is 8.03. The highest BCUT2D eigenvalue weighted by Gasteiger charge is 2.15. The van der Waals surface area contributed by atoms with Crippen LogP contribution in [-0.2, 0) is 9.47 Å². The summed E-state index contributed by atoms with van der Waals surface area (Å²) >= 11 is 0. The second kappa shape index (κ2) is 39.0. The number of hydrogen-bond donors (Lipinski definition) is 2. The summed E-state index contributed by atoms with van der Waals surface area (Å²) in [6, 6.07) is 9.48. The molecular weight excluding hydrogens is 769 g/mol. The van der Waals surface area contributed by atoms with Gasteiger partial charge in [-0.05, 0) is 60.4 Å². The fraction of sp³-hybridized carbons (Fsp3) is 0.679. The number of carboxylic acids is 2. The van der Waals surface area contributed by atoms with Crippen LogP contribution in [0.1, 0.15) is 251 Å². The standard InChI is InChI=1S/C56H86O6/c1-3-5-7-9-11-13-15-17-19-21-23-25-27-29-31-33-43-61-45-35-37-49-39-41-51(55(57)58)47-53(49)54-48-52(56(59)60)42-40-50(54)38-36-46-62-44-34-32-30-28-26-24-22-20-18-16-14-12-10-8-6-4-2/h39-42,47-48H,3-34,43-46H2,1-2H3,(H,57,58)(H,59,60). The monoisotopic (exact) mass is 855 g/mol. The Morgan fingerprint density at radius 2 is 0.661 bits per heavy atom. The van der Waals surface area contributed by atoms with Gasteiger partial charge in [0, 0.05) is 24.3 Å². The van der Waals surface area contributed by atoms with Gasteiger partial charge in [-0.15, -0.1) is 0 Å². The van der Waals surface area contributed by atoms with Crippen LogP contribution in [0.4, 0.5) is 0 Å². The number of hydrogen-bond acceptors (Lipinski definition) is 4. The quantitative estimate of drug-likeness (QED) is 0.0514. The Bertz CT molecular complexity index is 1450. The third-order valence-electron chi connectivity index (χ3n) is 11.9. The zero-order chi connectivity index (χ0) is 44.6. The summed E-state index contributed by atoms with van der Waals surface area (Å²) in [4.78, 5) is 24.0. The smallest absolute Gasteiger partial charge is 0.335 e. The van der Waals surface area contributed by atoms with Gasteiger partial charge in [-0.1, -0.05) is 230 Å². The van der Waals surface area contributed by atoms with Crippen LogP contribution in [0.25, 0.3) is 11.1 Å². The van der Waals surface area contributed by atoms with Gasteiger partial charge < -0.3 is 19.7 Å². The van der Waals surface area contributed by atoms with Gasteiger partial charge >= 0.3 is 11.9 Å². The first-order valence-electron chi connectivity index (χ1n) is 25.4. The van der Waals surface area contributed by atoms with Crippen LogP contribution < -0.4 is 0 Å². The average molecular weight is 855 g/mol. The molecule has 346 valence electrons. The maximum absolute atomic E-state index is 12.0. The molecule has 0 fully saturated rings. The molecule has 0 aromatic heterocycles. The third kappa shape index (κ3) is 28.2. The highest BCUT2D eigenvalue weighted by Crippen LogP contribution is 2.29. The van der Waals surface area contributed by atoms with Crippen LogP contribution in [0.2, 0.25) is 0 Å². The van der Waals surface area contributed by atoms with Crippen LogP contribution in [0.5, 0.6) is 0 Å². The number of carbonyl (C=O) groups is 2. The first-order chi connectivity index (χ1) is 30.5. The lowest BCUT2D eigenvalue weighted by Crippen LogP contribution is -2.01. The Kier molecular flexibility index (Phi) is 34.4. The summed E-state index contributed by atoms with van der Waals surface area (Å²) in [6.45, 7) is 6.38. The van der Waals surface area contributed by atoms with E-state index < -0.39 is 11.9 Å². The van der Waals surface area contributed by atoms with Gasteiger partial charge in [0.25, 0.3) is 0 Å². The maximum Gasteiger partial charge on any atom is 0.335 e. The third-order valence-corrected chi connectivity index (χ3v) is 11.9. The number of aromatic carboxylic acids is 2. The molecule has 0 unspecified atom stereocenters. The van der Waals surface area contributed by atoms with Gasteiger partial charge in [0.2, 0.25) is 0 Å². The molecule has 62 heavy (non-hydrogen) atoms. The van der Waals surface area contributed by atoms with E-state index in [0.717, 1.165) is 25.7 Å². The molecule has 0 spiro atoms. The molecule has 0 heterocycles. The molecule has 2 aromatic rings. The Labute approximate surface area is 379 Å². The summed E-state index contributed by atoms with van der Waals surface area (Å²) in [5, 5.41) is 19.6. The summed E-state index contributed by atoms with van der Waals surface area (Å²) in [5.41, 5.74) is 2.41. The maximum atomic E-state index is 12.0. The van der Waals surface area contributed by atoms with Crippen molar-refractivity contribution in [3.05, 3.63) is 58.7 Å². The highest BCUT2D eigenvalue weighted by molar-refractivity contribution is 5.93. The first kappa shape index (κ1) is 54.6. The molecule has 0 aliphatic carbocycles. The van der Waals surface area contributed by atoms with E-state index >= 15 is 0 Å². The van der Waals surface area contributed by atoms with Crippen molar-refractivity contribution in [3.8, 4) is 34.8 Å². The Hall–Kier alpha value is -3.58. The molecule has 2 rings (SSSR count). The summed E-state index contributed by atoms with van der Waals surface area (Å²) in [6.07, 6.45) is 42.5. The number of benzene rings is 2. The topological polar surface area (TPSA) is 93.1 Å². The summed E-state index contributed by atoms with van der Waals surface area (Å²) in [7, 11) is 0. The van der Waals surface area contributed by atoms with Crippen LogP contribution >= 0.6 is 0 Å². The molecule has 6 heteroatoms. The zero-order valence-corrected chi connectivity index (χ0v) is 39.4. The minimum Gasteiger partial charge on any atom is -0.478 e. The van der Waals surface area contributed by atoms with Crippen molar-refractivity contribution in [2.24, 2.45) is 0 Å². The lowest BCUT2D eigenvalue weighted by atomic mass is 9.92. The molecule has 2 N–H and O–H groups in total. The second-order valence-electron chi connectivity index (χ2n) is 17.4. The van der Waals surface area contributed by atoms with Crippen molar-refractivity contribution in [2.45, 2.75) is 219 Å². The Morgan fingerprint density at radius 1 is 0.403 bits per heavy atom. The molecule has 0 radical (unpaired) electrons. The van der Waals surface area contributed by atoms with Gasteiger partial charge in [0.1, 0.15) is 13.2 Å². The van der Waals surface area contributed by atoms with Crippen molar-refractivity contribution < 1.29 is 29.3 Å². The van der Waals surface area contributed by atoms with Gasteiger partial charge in [-0.3, -0.25) is 0 Å². The molecule has 0 aliphatic heterocycles. The van der Waals surface area contributed by atoms with Crippen molar-refractivity contribution >= 4 is 11.9 Å². The predicted octanol–water partition coefficient (Wildman–Crippen LogP) is 16.0. The molecular formula is C56H86O6. The normalized spacial score (nSPS) is 10.9. The number of carboxylic acid groups (broad SMARTS) is 2. The summed E-state index contributed by atoms with van der Waals surface area (Å²) in [5.74, 6) is 10.3. The van der Waals surface area contributed by atoms with Gasteiger partial charge in [-0.25, -0.2) is 9.59 Å². The lowest BCUT2D eigenvalue weighted by Gasteiger charge is -2.11. The Balaban J connectivity index is 1.73. The van der Waals surface area contributed by atoms with E-state index in [-0.39, 0.29) is 24.3 Å². The average Bonchev–Trinajstić information content (AvgIpc) is 3.27. The molecule has 0 aliphatic rings. The van der Waals surface area contributed by atoms with E-state index in [1.54, 1.807) is 24.3 Å². The van der Waals surface area contributed by atoms with E-state index in [4.69, 9.17) is 9.47 Å². The Morgan fingerprint density at radius 3 is 0.919 bits per heavy atom. The lowest BCUT2D eigenvalue weighted by molar-refractivity contribution is 0.0686. The van der Waals surface area contributed by atoms with E-state index in [2.05, 4.69) is 37.5 Å². The molecule has 0 amide bonds. The molecule has 0 atom stereocenters. The molecule has 0 saturated heterocycles. The number of rotatable bonds is 39. The van der Waals surface area contributed by atoms with Crippen LogP contribution in [0, 0.1) is 23.7 Å². The molecule has 2 aromatic carbocycles. The molecule has 0 bridgehead atoms. The van der Waals surface area contributed by atoms with Crippen LogP contribution in [0.15, 0.2) is 36.4 Å². The van der Waals surface area contributed by atoms with E-state index in [1.165, 1.54) is 192 Å². The first-order valence-corrected chi connectivity index (χ1v) is 25.4. The van der Waals surface area contributed by atoms with Crippen molar-refractivity contribution in [3.63, 3.8) is 0 Å². The zero-order valence-electron chi connectivity index (χ0n) is 39.4. The summed E-state index contributed by atoms with van der Waals surface area (Å²) < 4.78 is 11.7. The van der Waals surface area contributed by atoms with Gasteiger partial charge in [-0.2, -0.15) is 0 Å². The van der Waals surface area contributed by atoms with Crippen molar-refractivity contribution in [1.82, 2.24) is 0 Å². The van der Waals surface area contributed by atoms with E-state index in [1.807, 2.05) is 0 Å². The SMILES string of the molecule is CCCCCCCCCCCCCCCCCCOCC#Cc1ccc(C(=O)O)cc1-c1cc(C(=O)O)ccc1C#CCOCCCCCCCCCCCCCCCCCC. The molecule has 0 saturated carbocycles. The minimum absolute atomic E-state index is 0.0899. The second-order valence-corrected chi connectivity index (χ2v) is 17.4. The number of unbranched alkanes of at least 4 members (excludes halogenated alkanes) is 30. The van der Waals surface area contributed by atoms with Gasteiger partial charge in [0.15, 0.2) is 0 Å². The number of ether oxygens (including phenoxy) is 2. The van der Waals surface area contributed by atoms with Crippen molar-refractivity contribution in [2.75, 3.05) is 26.4 Å². The van der Waals surface area contributed by atoms with Crippen LogP contribution in [-0.4, -0.2) is 48.6 Å². The minimum atomic E-state index is -1.07. The highest BCUT2D eigenvalue weighted by atomic mass is 16.5. The van der Waals surface area contributed by atoms with Gasteiger partial charge in [0.05, 0.1) is 11.1 Å². The van der Waals surface area contributed by atoms with E-state index in [9.17, 15) is 19.8 Å². The molecule has 6 nitrogen and oxygen atoms in total. The predicted molar refractivity (Wildman–Crippen MR) is 260 cm³/mol. The van der Waals surface area contributed by atoms with Crippen molar-refractivity contribution in [1.29, 1.82) is 0 Å². The van der Waals surface area contributed by atoms with Crippen LogP contribution in [0.3, 0.4) is 0 Å². The fourth-order valence-electron chi connectivity index (χ4n) is 8.03. The largest absolute Gasteiger partial charge is 0.478 e. The van der Waals surface area contributed by atoms with E-state index in [0.29, 0.717) is 35.5 Å².